The summed E-state index contributed by atoms with van der Waals surface area (Å²) in [6.07, 6.45) is 1.55. The Morgan fingerprint density at radius 3 is 2.59 bits per heavy atom. The number of para-hydroxylation sites is 1. The van der Waals surface area contributed by atoms with Gasteiger partial charge in [-0.1, -0.05) is 30.3 Å². The molecule has 1 saturated heterocycles. The van der Waals surface area contributed by atoms with E-state index in [9.17, 15) is 9.59 Å². The van der Waals surface area contributed by atoms with Gasteiger partial charge in [0.05, 0.1) is 12.3 Å². The smallest absolute Gasteiger partial charge is 0.282 e. The highest BCUT2D eigenvalue weighted by atomic mass is 16.7. The minimum absolute atomic E-state index is 0.0420. The fourth-order valence-corrected chi connectivity index (χ4v) is 3.68. The Kier molecular flexibility index (Phi) is 5.78. The molecule has 0 atom stereocenters. The number of hydrogen-bond acceptors (Lipinski definition) is 6. The largest absolute Gasteiger partial charge is 0.490 e. The molecule has 0 saturated carbocycles. The fraction of sp³-hybridized carbons (Fsp3) is 0.154. The summed E-state index contributed by atoms with van der Waals surface area (Å²) in [5.74, 6) is 1.59. The number of carbonyl (C=O) groups excluding carboxylic acids is 2. The van der Waals surface area contributed by atoms with E-state index in [2.05, 4.69) is 5.43 Å². The topological polar surface area (TPSA) is 86.3 Å². The van der Waals surface area contributed by atoms with Crippen LogP contribution in [0.15, 0.2) is 72.3 Å². The minimum atomic E-state index is -0.463. The van der Waals surface area contributed by atoms with E-state index < -0.39 is 11.8 Å². The average molecular weight is 458 g/mol. The van der Waals surface area contributed by atoms with E-state index in [4.69, 9.17) is 18.9 Å². The quantitative estimate of drug-likeness (QED) is 0.428. The van der Waals surface area contributed by atoms with Crippen LogP contribution in [0.5, 0.6) is 23.0 Å². The number of hydrogen-bond donors (Lipinski definition) is 1. The van der Waals surface area contributed by atoms with Gasteiger partial charge in [-0.25, -0.2) is 5.01 Å². The van der Waals surface area contributed by atoms with Crippen LogP contribution in [0.25, 0.3) is 6.08 Å². The van der Waals surface area contributed by atoms with Crippen LogP contribution in [-0.4, -0.2) is 25.2 Å². The first-order valence-corrected chi connectivity index (χ1v) is 10.8. The molecule has 2 aliphatic heterocycles. The van der Waals surface area contributed by atoms with E-state index in [1.54, 1.807) is 48.5 Å². The van der Waals surface area contributed by atoms with Gasteiger partial charge in [0.15, 0.2) is 23.0 Å². The van der Waals surface area contributed by atoms with Gasteiger partial charge < -0.3 is 18.9 Å². The molecule has 0 unspecified atom stereocenters. The number of nitrogens with one attached hydrogen (secondary N) is 1. The van der Waals surface area contributed by atoms with Crippen molar-refractivity contribution in [1.82, 2.24) is 5.43 Å². The lowest BCUT2D eigenvalue weighted by Gasteiger charge is -2.14. The molecule has 2 aliphatic rings. The standard InChI is InChI=1S/C26H22N2O6/c1-2-31-23-13-17(12-20-25(29)27-28(26(20)30)19-6-4-3-5-7-19)8-10-21(23)32-15-18-9-11-22-24(14-18)34-16-33-22/h3-14H,2,15-16H2,1H3,(H,27,29). The highest BCUT2D eigenvalue weighted by molar-refractivity contribution is 6.31. The summed E-state index contributed by atoms with van der Waals surface area (Å²) in [5.41, 5.74) is 4.80. The summed E-state index contributed by atoms with van der Waals surface area (Å²) < 4.78 is 22.5. The monoisotopic (exact) mass is 458 g/mol. The average Bonchev–Trinajstić information content (AvgIpc) is 3.44. The molecule has 0 spiro atoms. The van der Waals surface area contributed by atoms with Crippen LogP contribution in [0.1, 0.15) is 18.1 Å². The Bertz CT molecular complexity index is 1270. The summed E-state index contributed by atoms with van der Waals surface area (Å²) in [4.78, 5) is 25.3. The van der Waals surface area contributed by atoms with Crippen molar-refractivity contribution in [2.24, 2.45) is 0 Å². The summed E-state index contributed by atoms with van der Waals surface area (Å²) >= 11 is 0. The molecule has 0 bridgehead atoms. The van der Waals surface area contributed by atoms with E-state index in [1.165, 1.54) is 5.01 Å². The number of carbonyl (C=O) groups is 2. The maximum absolute atomic E-state index is 12.8. The molecule has 8 nitrogen and oxygen atoms in total. The first kappa shape index (κ1) is 21.4. The van der Waals surface area contributed by atoms with Crippen molar-refractivity contribution in [2.45, 2.75) is 13.5 Å². The van der Waals surface area contributed by atoms with Crippen LogP contribution in [0, 0.1) is 0 Å². The molecular formula is C26H22N2O6. The molecule has 1 N–H and O–H groups in total. The molecular weight excluding hydrogens is 436 g/mol. The molecule has 3 aromatic rings. The van der Waals surface area contributed by atoms with Crippen molar-refractivity contribution in [3.63, 3.8) is 0 Å². The van der Waals surface area contributed by atoms with Crippen molar-refractivity contribution in [1.29, 1.82) is 0 Å². The third-order valence-electron chi connectivity index (χ3n) is 5.32. The fourth-order valence-electron chi connectivity index (χ4n) is 3.68. The van der Waals surface area contributed by atoms with Gasteiger partial charge in [-0.15, -0.1) is 0 Å². The van der Waals surface area contributed by atoms with Gasteiger partial charge in [-0.3, -0.25) is 15.0 Å². The number of hydrazine groups is 1. The van der Waals surface area contributed by atoms with Gasteiger partial charge in [0.2, 0.25) is 6.79 Å². The Hall–Kier alpha value is -4.46. The van der Waals surface area contributed by atoms with Crippen LogP contribution in [0.3, 0.4) is 0 Å². The second kappa shape index (κ2) is 9.19. The van der Waals surface area contributed by atoms with Gasteiger partial charge in [0, 0.05) is 0 Å². The van der Waals surface area contributed by atoms with E-state index in [1.807, 2.05) is 31.2 Å². The molecule has 0 aromatic heterocycles. The van der Waals surface area contributed by atoms with E-state index in [0.29, 0.717) is 47.5 Å². The van der Waals surface area contributed by atoms with E-state index >= 15 is 0 Å². The normalized spacial score (nSPS) is 15.6. The second-order valence-corrected chi connectivity index (χ2v) is 7.59. The Labute approximate surface area is 196 Å². The number of amides is 2. The molecule has 0 aliphatic carbocycles. The lowest BCUT2D eigenvalue weighted by atomic mass is 10.1. The van der Waals surface area contributed by atoms with E-state index in [-0.39, 0.29) is 12.4 Å². The number of ether oxygens (including phenoxy) is 4. The van der Waals surface area contributed by atoms with Crippen LogP contribution in [-0.2, 0) is 16.2 Å². The van der Waals surface area contributed by atoms with Crippen LogP contribution in [0.4, 0.5) is 5.69 Å². The van der Waals surface area contributed by atoms with Crippen molar-refractivity contribution < 1.29 is 28.5 Å². The zero-order chi connectivity index (χ0) is 23.5. The third-order valence-corrected chi connectivity index (χ3v) is 5.32. The molecule has 3 aromatic carbocycles. The van der Waals surface area contributed by atoms with E-state index in [0.717, 1.165) is 5.56 Å². The first-order valence-electron chi connectivity index (χ1n) is 10.8. The predicted molar refractivity (Wildman–Crippen MR) is 125 cm³/mol. The van der Waals surface area contributed by atoms with Crippen molar-refractivity contribution in [3.05, 3.63) is 83.4 Å². The maximum atomic E-state index is 12.8. The lowest BCUT2D eigenvalue weighted by molar-refractivity contribution is -0.117. The molecule has 34 heavy (non-hydrogen) atoms. The summed E-state index contributed by atoms with van der Waals surface area (Å²) in [6.45, 7) is 2.83. The number of nitrogens with zero attached hydrogens (tertiary/aromatic N) is 1. The Morgan fingerprint density at radius 1 is 0.941 bits per heavy atom. The van der Waals surface area contributed by atoms with Crippen LogP contribution >= 0.6 is 0 Å². The molecule has 172 valence electrons. The highest BCUT2D eigenvalue weighted by Gasteiger charge is 2.34. The minimum Gasteiger partial charge on any atom is -0.490 e. The molecule has 0 radical (unpaired) electrons. The van der Waals surface area contributed by atoms with Gasteiger partial charge >= 0.3 is 0 Å². The second-order valence-electron chi connectivity index (χ2n) is 7.59. The van der Waals surface area contributed by atoms with Gasteiger partial charge in [0.1, 0.15) is 12.2 Å². The van der Waals surface area contributed by atoms with Crippen LogP contribution < -0.4 is 29.4 Å². The Balaban J connectivity index is 1.35. The first-order chi connectivity index (χ1) is 16.6. The molecule has 5 rings (SSSR count). The third kappa shape index (κ3) is 4.25. The lowest BCUT2D eigenvalue weighted by Crippen LogP contribution is -2.35. The summed E-state index contributed by atoms with van der Waals surface area (Å²) in [7, 11) is 0. The number of rotatable bonds is 7. The molecule has 8 heteroatoms. The summed E-state index contributed by atoms with van der Waals surface area (Å²) in [6, 6.07) is 19.9. The predicted octanol–water partition coefficient (Wildman–Crippen LogP) is 3.85. The SMILES string of the molecule is CCOc1cc(C=C2C(=O)NN(c3ccccc3)C2=O)ccc1OCc1ccc2c(c1)OCO2. The zero-order valence-corrected chi connectivity index (χ0v) is 18.4. The number of benzene rings is 3. The van der Waals surface area contributed by atoms with Gasteiger partial charge in [0.25, 0.3) is 11.8 Å². The number of anilines is 1. The Morgan fingerprint density at radius 2 is 1.76 bits per heavy atom. The van der Waals surface area contributed by atoms with Crippen LogP contribution in [0.2, 0.25) is 0 Å². The molecule has 2 heterocycles. The zero-order valence-electron chi connectivity index (χ0n) is 18.4. The molecule has 1 fully saturated rings. The molecule has 2 amide bonds. The van der Waals surface area contributed by atoms with Crippen molar-refractivity contribution in [2.75, 3.05) is 18.4 Å². The van der Waals surface area contributed by atoms with Gasteiger partial charge in [-0.05, 0) is 60.5 Å². The highest BCUT2D eigenvalue weighted by Crippen LogP contribution is 2.34. The van der Waals surface area contributed by atoms with Crippen molar-refractivity contribution in [3.8, 4) is 23.0 Å². The number of fused-ring (bicyclic) bond motifs is 1. The summed E-state index contributed by atoms with van der Waals surface area (Å²) in [5, 5.41) is 1.24. The van der Waals surface area contributed by atoms with Gasteiger partial charge in [-0.2, -0.15) is 0 Å². The maximum Gasteiger partial charge on any atom is 0.282 e. The van der Waals surface area contributed by atoms with Crippen molar-refractivity contribution >= 4 is 23.6 Å².